The molecule has 0 aliphatic carbocycles. The van der Waals surface area contributed by atoms with E-state index in [1.165, 1.54) is 31.4 Å². The fraction of sp³-hybridized carbons (Fsp3) is 0.174. The Hall–Kier alpha value is -2.10. The maximum atomic E-state index is 9.03. The highest BCUT2D eigenvalue weighted by Crippen LogP contribution is 2.45. The summed E-state index contributed by atoms with van der Waals surface area (Å²) in [5, 5.41) is 11.7. The molecule has 3 aromatic carbocycles. The molecular formula is C23H19IN2S. The molecule has 2 nitrogen and oxygen atoms in total. The summed E-state index contributed by atoms with van der Waals surface area (Å²) in [4.78, 5) is 0. The van der Waals surface area contributed by atoms with E-state index in [0.717, 1.165) is 5.69 Å². The smallest absolute Gasteiger partial charge is 0.0991 e. The summed E-state index contributed by atoms with van der Waals surface area (Å²) in [6.07, 6.45) is 0. The van der Waals surface area contributed by atoms with Gasteiger partial charge in [-0.05, 0) is 41.3 Å². The van der Waals surface area contributed by atoms with E-state index in [1.54, 1.807) is 0 Å². The van der Waals surface area contributed by atoms with Crippen LogP contribution in [0.5, 0.6) is 0 Å². The van der Waals surface area contributed by atoms with E-state index < -0.39 is 0 Å². The van der Waals surface area contributed by atoms with Gasteiger partial charge in [0.25, 0.3) is 0 Å². The first-order valence-electron chi connectivity index (χ1n) is 8.81. The van der Waals surface area contributed by atoms with Crippen LogP contribution < -0.4 is 3.11 Å². The van der Waals surface area contributed by atoms with Gasteiger partial charge in [-0.3, -0.25) is 3.11 Å². The van der Waals surface area contributed by atoms with Crippen molar-refractivity contribution in [1.29, 1.82) is 5.26 Å². The summed E-state index contributed by atoms with van der Waals surface area (Å²) < 4.78 is 4.84. The van der Waals surface area contributed by atoms with Gasteiger partial charge in [-0.1, -0.05) is 51.1 Å². The fourth-order valence-electron chi connectivity index (χ4n) is 3.36. The molecule has 0 N–H and O–H groups in total. The third kappa shape index (κ3) is 3.19. The Bertz CT molecular complexity index is 1180. The number of nitrogens with zero attached hydrogens (tertiary/aromatic N) is 2. The molecule has 0 saturated carbocycles. The van der Waals surface area contributed by atoms with Crippen molar-refractivity contribution in [2.24, 2.45) is 0 Å². The minimum absolute atomic E-state index is 0.109. The number of anilines is 2. The Kier molecular flexibility index (Phi) is 4.61. The van der Waals surface area contributed by atoms with Gasteiger partial charge in [-0.25, -0.2) is 0 Å². The topological polar surface area (TPSA) is 27.0 Å². The summed E-state index contributed by atoms with van der Waals surface area (Å²) in [5.41, 5.74) is 4.43. The molecule has 4 heteroatoms. The second-order valence-electron chi connectivity index (χ2n) is 7.63. The highest BCUT2D eigenvalue weighted by atomic mass is 127. The highest BCUT2D eigenvalue weighted by molar-refractivity contribution is 14.1. The van der Waals surface area contributed by atoms with Crippen molar-refractivity contribution in [2.75, 3.05) is 3.11 Å². The van der Waals surface area contributed by atoms with Gasteiger partial charge in [0.05, 0.1) is 50.6 Å². The zero-order chi connectivity index (χ0) is 19.2. The predicted molar refractivity (Wildman–Crippen MR) is 125 cm³/mol. The Labute approximate surface area is 177 Å². The van der Waals surface area contributed by atoms with Crippen LogP contribution in [0, 0.1) is 11.3 Å². The van der Waals surface area contributed by atoms with Crippen molar-refractivity contribution in [3.63, 3.8) is 0 Å². The summed E-state index contributed by atoms with van der Waals surface area (Å²) in [7, 11) is 0. The zero-order valence-electron chi connectivity index (χ0n) is 15.5. The molecule has 0 spiro atoms. The molecule has 0 atom stereocenters. The van der Waals surface area contributed by atoms with E-state index in [4.69, 9.17) is 5.26 Å². The van der Waals surface area contributed by atoms with Crippen LogP contribution in [0.2, 0.25) is 0 Å². The van der Waals surface area contributed by atoms with E-state index in [2.05, 4.69) is 89.2 Å². The number of thiophene rings is 1. The first-order valence-corrected chi connectivity index (χ1v) is 10.6. The van der Waals surface area contributed by atoms with E-state index in [-0.39, 0.29) is 5.41 Å². The number of nitriles is 1. The van der Waals surface area contributed by atoms with Gasteiger partial charge in [-0.2, -0.15) is 5.26 Å². The quantitative estimate of drug-likeness (QED) is 0.216. The van der Waals surface area contributed by atoms with E-state index in [9.17, 15) is 0 Å². The van der Waals surface area contributed by atoms with Crippen LogP contribution in [0.25, 0.3) is 20.2 Å². The lowest BCUT2D eigenvalue weighted by molar-refractivity contribution is 0.597. The summed E-state index contributed by atoms with van der Waals surface area (Å²) >= 11 is 4.23. The maximum absolute atomic E-state index is 9.03. The number of fused-ring (bicyclic) bond motifs is 3. The molecule has 0 amide bonds. The number of halogens is 1. The van der Waals surface area contributed by atoms with E-state index in [1.807, 2.05) is 35.6 Å². The lowest BCUT2D eigenvalue weighted by Gasteiger charge is -2.19. The molecule has 27 heavy (non-hydrogen) atoms. The molecule has 0 aliphatic heterocycles. The highest BCUT2D eigenvalue weighted by Gasteiger charge is 2.21. The maximum Gasteiger partial charge on any atom is 0.0991 e. The van der Waals surface area contributed by atoms with Crippen LogP contribution in [0.1, 0.15) is 31.9 Å². The van der Waals surface area contributed by atoms with E-state index in [0.29, 0.717) is 5.56 Å². The molecule has 0 radical (unpaired) electrons. The molecule has 0 aliphatic rings. The molecule has 0 bridgehead atoms. The summed E-state index contributed by atoms with van der Waals surface area (Å²) in [6, 6.07) is 23.1. The third-order valence-corrected chi connectivity index (χ3v) is 7.10. The van der Waals surface area contributed by atoms with Crippen molar-refractivity contribution in [2.45, 2.75) is 26.2 Å². The van der Waals surface area contributed by atoms with Gasteiger partial charge in [0.15, 0.2) is 0 Å². The van der Waals surface area contributed by atoms with Crippen molar-refractivity contribution in [3.05, 3.63) is 71.8 Å². The van der Waals surface area contributed by atoms with Crippen LogP contribution >= 0.6 is 34.2 Å². The summed E-state index contributed by atoms with van der Waals surface area (Å²) in [6.45, 7) is 6.82. The molecule has 134 valence electrons. The SMILES string of the molecule is CC(C)(C)c1cccc2c1sc1c(N(I)c3ccc(C#N)cc3)cccc12. The lowest BCUT2D eigenvalue weighted by atomic mass is 9.86. The molecule has 0 unspecified atom stereocenters. The molecule has 4 rings (SSSR count). The molecule has 1 aromatic heterocycles. The average molecular weight is 482 g/mol. The van der Waals surface area contributed by atoms with Gasteiger partial charge in [-0.15, -0.1) is 11.3 Å². The minimum Gasteiger partial charge on any atom is -0.282 e. The minimum atomic E-state index is 0.109. The van der Waals surface area contributed by atoms with Crippen LogP contribution in [-0.2, 0) is 5.41 Å². The van der Waals surface area contributed by atoms with Gasteiger partial charge < -0.3 is 0 Å². The molecule has 1 heterocycles. The first kappa shape index (κ1) is 18.3. The molecule has 0 saturated heterocycles. The number of hydrogen-bond acceptors (Lipinski definition) is 3. The summed E-state index contributed by atoms with van der Waals surface area (Å²) in [5.74, 6) is 0. The van der Waals surface area contributed by atoms with Gasteiger partial charge in [0, 0.05) is 15.5 Å². The van der Waals surface area contributed by atoms with Crippen LogP contribution in [0.15, 0.2) is 60.7 Å². The number of hydrogen-bond donors (Lipinski definition) is 0. The third-order valence-electron chi connectivity index (χ3n) is 4.75. The number of rotatable bonds is 2. The normalized spacial score (nSPS) is 11.7. The van der Waals surface area contributed by atoms with Gasteiger partial charge in [0.2, 0.25) is 0 Å². The predicted octanol–water partition coefficient (Wildman–Crippen LogP) is 7.71. The van der Waals surface area contributed by atoms with Crippen LogP contribution in [-0.4, -0.2) is 0 Å². The standard InChI is InChI=1S/C23H19IN2S/c1-23(2,3)19-8-4-6-17-18-7-5-9-20(22(18)27-21(17)19)26(24)16-12-10-15(14-25)11-13-16/h4-13H,1-3H3. The van der Waals surface area contributed by atoms with Crippen molar-refractivity contribution < 1.29 is 0 Å². The number of benzene rings is 3. The zero-order valence-corrected chi connectivity index (χ0v) is 18.4. The molecular weight excluding hydrogens is 463 g/mol. The Morgan fingerprint density at radius 2 is 1.52 bits per heavy atom. The lowest BCUT2D eigenvalue weighted by Crippen LogP contribution is -2.10. The first-order chi connectivity index (χ1) is 12.9. The van der Waals surface area contributed by atoms with Gasteiger partial charge >= 0.3 is 0 Å². The Morgan fingerprint density at radius 1 is 0.889 bits per heavy atom. The Balaban J connectivity index is 1.93. The van der Waals surface area contributed by atoms with Crippen LogP contribution in [0.3, 0.4) is 0 Å². The second kappa shape index (κ2) is 6.81. The Morgan fingerprint density at radius 3 is 2.15 bits per heavy atom. The van der Waals surface area contributed by atoms with Gasteiger partial charge in [0.1, 0.15) is 0 Å². The van der Waals surface area contributed by atoms with Crippen LogP contribution in [0.4, 0.5) is 11.4 Å². The van der Waals surface area contributed by atoms with Crippen molar-refractivity contribution in [3.8, 4) is 6.07 Å². The molecule has 0 fully saturated rings. The fourth-order valence-corrected chi connectivity index (χ4v) is 5.77. The molecule has 4 aromatic rings. The average Bonchev–Trinajstić information content (AvgIpc) is 3.05. The van der Waals surface area contributed by atoms with Crippen molar-refractivity contribution in [1.82, 2.24) is 0 Å². The monoisotopic (exact) mass is 482 g/mol. The van der Waals surface area contributed by atoms with Crippen molar-refractivity contribution >= 4 is 65.7 Å². The second-order valence-corrected chi connectivity index (χ2v) is 9.61. The van der Waals surface area contributed by atoms with E-state index >= 15 is 0 Å². The largest absolute Gasteiger partial charge is 0.282 e.